The van der Waals surface area contributed by atoms with Gasteiger partial charge in [-0.15, -0.1) is 23.2 Å². The Morgan fingerprint density at radius 2 is 1.42 bits per heavy atom. The fraction of sp³-hybridized carbons (Fsp3) is 0.200. The normalized spacial score (nSPS) is 10.8. The predicted octanol–water partition coefficient (Wildman–Crippen LogP) is 5.42. The molecule has 0 unspecified atom stereocenters. The number of rotatable bonds is 3. The lowest BCUT2D eigenvalue weighted by molar-refractivity contribution is 0.584. The highest BCUT2D eigenvalue weighted by atomic mass is 35.5. The Bertz CT molecular complexity index is 589. The minimum absolute atomic E-state index is 0.275. The summed E-state index contributed by atoms with van der Waals surface area (Å²) in [4.78, 5) is 0. The molecular weight excluding hydrogens is 289 g/mol. The van der Waals surface area contributed by atoms with E-state index in [1.54, 1.807) is 0 Å². The summed E-state index contributed by atoms with van der Waals surface area (Å²) in [5.74, 6) is -0.595. The highest BCUT2D eigenvalue weighted by molar-refractivity contribution is 6.18. The zero-order valence-electron chi connectivity index (χ0n) is 10.3. The zero-order valence-corrected chi connectivity index (χ0v) is 11.8. The summed E-state index contributed by atoms with van der Waals surface area (Å²) >= 11 is 11.8. The topological polar surface area (TPSA) is 0 Å². The van der Waals surface area contributed by atoms with E-state index in [9.17, 15) is 8.78 Å². The molecule has 0 atom stereocenters. The smallest absolute Gasteiger partial charge is 0.126 e. The van der Waals surface area contributed by atoms with Crippen LogP contribution in [-0.4, -0.2) is 0 Å². The lowest BCUT2D eigenvalue weighted by Gasteiger charge is -2.12. The molecule has 0 heterocycles. The standard InChI is InChI=1S/C15H12Cl2F2/c1-9-2-12(8-17)15(5-11(9)7-16)10-3-13(18)6-14(19)4-10/h2-6H,7-8H2,1H3. The number of hydrogen-bond donors (Lipinski definition) is 0. The van der Waals surface area contributed by atoms with Gasteiger partial charge in [-0.2, -0.15) is 0 Å². The van der Waals surface area contributed by atoms with Gasteiger partial charge in [-0.25, -0.2) is 8.78 Å². The van der Waals surface area contributed by atoms with Crippen LogP contribution in [0.1, 0.15) is 16.7 Å². The number of hydrogen-bond acceptors (Lipinski definition) is 0. The van der Waals surface area contributed by atoms with Crippen molar-refractivity contribution >= 4 is 23.2 Å². The van der Waals surface area contributed by atoms with Gasteiger partial charge in [0.15, 0.2) is 0 Å². The fourth-order valence-corrected chi connectivity index (χ4v) is 2.55. The molecule has 0 nitrogen and oxygen atoms in total. The van der Waals surface area contributed by atoms with Gasteiger partial charge in [0, 0.05) is 17.8 Å². The third-order valence-electron chi connectivity index (χ3n) is 3.02. The van der Waals surface area contributed by atoms with Crippen LogP contribution < -0.4 is 0 Å². The van der Waals surface area contributed by atoms with E-state index in [4.69, 9.17) is 23.2 Å². The predicted molar refractivity (Wildman–Crippen MR) is 75.6 cm³/mol. The van der Waals surface area contributed by atoms with E-state index in [-0.39, 0.29) is 5.88 Å². The monoisotopic (exact) mass is 300 g/mol. The fourth-order valence-electron chi connectivity index (χ4n) is 2.05. The van der Waals surface area contributed by atoms with Crippen molar-refractivity contribution in [1.29, 1.82) is 0 Å². The molecule has 0 saturated carbocycles. The second-order valence-corrected chi connectivity index (χ2v) is 4.90. The maximum absolute atomic E-state index is 13.3. The minimum Gasteiger partial charge on any atom is -0.207 e. The molecule has 0 aliphatic rings. The van der Waals surface area contributed by atoms with Gasteiger partial charge in [0.25, 0.3) is 0 Å². The molecule has 0 aliphatic carbocycles. The summed E-state index contributed by atoms with van der Waals surface area (Å²) in [6, 6.07) is 7.18. The van der Waals surface area contributed by atoms with Crippen LogP contribution in [0.2, 0.25) is 0 Å². The van der Waals surface area contributed by atoms with E-state index in [0.29, 0.717) is 11.4 Å². The van der Waals surface area contributed by atoms with E-state index in [1.165, 1.54) is 12.1 Å². The highest BCUT2D eigenvalue weighted by Crippen LogP contribution is 2.30. The molecule has 2 aromatic carbocycles. The number of aryl methyl sites for hydroxylation is 1. The van der Waals surface area contributed by atoms with Crippen molar-refractivity contribution in [2.75, 3.05) is 0 Å². The molecule has 100 valence electrons. The number of halogens is 4. The average Bonchev–Trinajstić information content (AvgIpc) is 2.37. The lowest BCUT2D eigenvalue weighted by Crippen LogP contribution is -1.94. The first-order valence-corrected chi connectivity index (χ1v) is 6.83. The highest BCUT2D eigenvalue weighted by Gasteiger charge is 2.10. The maximum Gasteiger partial charge on any atom is 0.126 e. The second kappa shape index (κ2) is 5.89. The summed E-state index contributed by atoms with van der Waals surface area (Å²) < 4.78 is 26.6. The van der Waals surface area contributed by atoms with Crippen molar-refractivity contribution in [2.24, 2.45) is 0 Å². The van der Waals surface area contributed by atoms with Crippen LogP contribution in [0.5, 0.6) is 0 Å². The first-order chi connectivity index (χ1) is 9.05. The molecule has 0 fully saturated rings. The van der Waals surface area contributed by atoms with E-state index in [1.807, 2.05) is 19.1 Å². The van der Waals surface area contributed by atoms with Crippen LogP contribution in [0.25, 0.3) is 11.1 Å². The molecule has 2 rings (SSSR count). The third-order valence-corrected chi connectivity index (χ3v) is 3.60. The Morgan fingerprint density at radius 1 is 0.842 bits per heavy atom. The second-order valence-electron chi connectivity index (χ2n) is 4.36. The zero-order chi connectivity index (χ0) is 14.0. The van der Waals surface area contributed by atoms with E-state index < -0.39 is 11.6 Å². The summed E-state index contributed by atoms with van der Waals surface area (Å²) in [5, 5.41) is 0. The van der Waals surface area contributed by atoms with Crippen LogP contribution in [0.4, 0.5) is 8.78 Å². The van der Waals surface area contributed by atoms with Crippen molar-refractivity contribution < 1.29 is 8.78 Å². The van der Waals surface area contributed by atoms with Crippen LogP contribution in [0.15, 0.2) is 30.3 Å². The Hall–Kier alpha value is -1.12. The van der Waals surface area contributed by atoms with Crippen molar-refractivity contribution in [2.45, 2.75) is 18.7 Å². The molecule has 0 aromatic heterocycles. The van der Waals surface area contributed by atoms with E-state index in [2.05, 4.69) is 0 Å². The van der Waals surface area contributed by atoms with Crippen molar-refractivity contribution in [3.05, 3.63) is 58.7 Å². The Morgan fingerprint density at radius 3 is 1.95 bits per heavy atom. The number of benzene rings is 2. The molecule has 0 aliphatic heterocycles. The Labute approximate surface area is 121 Å². The van der Waals surface area contributed by atoms with Crippen LogP contribution >= 0.6 is 23.2 Å². The van der Waals surface area contributed by atoms with E-state index >= 15 is 0 Å². The molecule has 0 radical (unpaired) electrons. The SMILES string of the molecule is Cc1cc(CCl)c(-c2cc(F)cc(F)c2)cc1CCl. The van der Waals surface area contributed by atoms with Crippen LogP contribution in [-0.2, 0) is 11.8 Å². The van der Waals surface area contributed by atoms with Crippen molar-refractivity contribution in [1.82, 2.24) is 0 Å². The maximum atomic E-state index is 13.3. The molecule has 0 N–H and O–H groups in total. The van der Waals surface area contributed by atoms with Crippen LogP contribution in [0.3, 0.4) is 0 Å². The molecule has 2 aromatic rings. The van der Waals surface area contributed by atoms with Gasteiger partial charge >= 0.3 is 0 Å². The largest absolute Gasteiger partial charge is 0.207 e. The molecule has 4 heteroatoms. The third kappa shape index (κ3) is 3.07. The summed E-state index contributed by atoms with van der Waals surface area (Å²) in [6.45, 7) is 1.93. The van der Waals surface area contributed by atoms with Crippen LogP contribution in [0, 0.1) is 18.6 Å². The van der Waals surface area contributed by atoms with Crippen molar-refractivity contribution in [3.63, 3.8) is 0 Å². The van der Waals surface area contributed by atoms with Gasteiger partial charge in [0.1, 0.15) is 11.6 Å². The summed E-state index contributed by atoms with van der Waals surface area (Å²) in [5.41, 5.74) is 3.97. The molecule has 0 amide bonds. The van der Waals surface area contributed by atoms with E-state index in [0.717, 1.165) is 28.3 Å². The molecule has 19 heavy (non-hydrogen) atoms. The van der Waals surface area contributed by atoms with Gasteiger partial charge in [-0.3, -0.25) is 0 Å². The van der Waals surface area contributed by atoms with Gasteiger partial charge in [0.05, 0.1) is 0 Å². The Balaban J connectivity index is 2.65. The van der Waals surface area contributed by atoms with Gasteiger partial charge in [-0.05, 0) is 52.9 Å². The van der Waals surface area contributed by atoms with Gasteiger partial charge in [-0.1, -0.05) is 6.07 Å². The quantitative estimate of drug-likeness (QED) is 0.664. The number of alkyl halides is 2. The minimum atomic E-state index is -0.608. The first kappa shape index (κ1) is 14.3. The molecule has 0 bridgehead atoms. The van der Waals surface area contributed by atoms with Gasteiger partial charge < -0.3 is 0 Å². The molecule has 0 spiro atoms. The van der Waals surface area contributed by atoms with Gasteiger partial charge in [0.2, 0.25) is 0 Å². The lowest BCUT2D eigenvalue weighted by atomic mass is 9.95. The summed E-state index contributed by atoms with van der Waals surface area (Å²) in [6.07, 6.45) is 0. The summed E-state index contributed by atoms with van der Waals surface area (Å²) in [7, 11) is 0. The molecule has 0 saturated heterocycles. The van der Waals surface area contributed by atoms with Crippen molar-refractivity contribution in [3.8, 4) is 11.1 Å². The Kier molecular flexibility index (Phi) is 4.43. The average molecular weight is 301 g/mol. The molecular formula is C15H12Cl2F2. The first-order valence-electron chi connectivity index (χ1n) is 5.76.